The van der Waals surface area contributed by atoms with E-state index in [0.717, 1.165) is 5.56 Å². The van der Waals surface area contributed by atoms with Crippen LogP contribution in [0.2, 0.25) is 0 Å². The fourth-order valence-corrected chi connectivity index (χ4v) is 0.583. The van der Waals surface area contributed by atoms with Crippen LogP contribution in [-0.4, -0.2) is 5.11 Å². The predicted molar refractivity (Wildman–Crippen MR) is 32.4 cm³/mol. The Labute approximate surface area is 48.6 Å². The summed E-state index contributed by atoms with van der Waals surface area (Å²) in [5.74, 6) is 0. The molecular formula is C7H8O. The maximum Gasteiger partial charge on any atom is 0.0681 e. The Morgan fingerprint density at radius 3 is 2.12 bits per heavy atom. The van der Waals surface area contributed by atoms with Gasteiger partial charge in [0.05, 0.1) is 6.61 Å². The van der Waals surface area contributed by atoms with Crippen LogP contribution < -0.4 is 0 Å². The van der Waals surface area contributed by atoms with Crippen LogP contribution >= 0.6 is 0 Å². The third kappa shape index (κ3) is 1.07. The zero-order valence-corrected chi connectivity index (χ0v) is 4.54. The molecule has 0 spiro atoms. The molecule has 0 amide bonds. The Bertz CT molecular complexity index is 146. The van der Waals surface area contributed by atoms with Gasteiger partial charge in [-0.15, -0.1) is 0 Å². The maximum atomic E-state index is 8.54. The minimum absolute atomic E-state index is 0.140. The lowest BCUT2D eigenvalue weighted by Crippen LogP contribution is -1.77. The van der Waals surface area contributed by atoms with Gasteiger partial charge >= 0.3 is 0 Å². The first-order valence-corrected chi connectivity index (χ1v) is 2.58. The molecule has 0 bridgehead atoms. The van der Waals surface area contributed by atoms with Crippen molar-refractivity contribution in [2.75, 3.05) is 0 Å². The molecule has 0 aromatic heterocycles. The van der Waals surface area contributed by atoms with Crippen molar-refractivity contribution in [3.8, 4) is 0 Å². The van der Waals surface area contributed by atoms with Gasteiger partial charge in [-0.3, -0.25) is 0 Å². The Morgan fingerprint density at radius 2 is 1.75 bits per heavy atom. The minimum Gasteiger partial charge on any atom is -0.392 e. The molecule has 1 N–H and O–H groups in total. The molecule has 0 aliphatic heterocycles. The van der Waals surface area contributed by atoms with Crippen LogP contribution in [0.5, 0.6) is 0 Å². The second kappa shape index (κ2) is 2.48. The lowest BCUT2D eigenvalue weighted by Gasteiger charge is -1.89. The lowest BCUT2D eigenvalue weighted by atomic mass is 11.2. The van der Waals surface area contributed by atoms with E-state index in [9.17, 15) is 0 Å². The van der Waals surface area contributed by atoms with Crippen molar-refractivity contribution in [2.24, 2.45) is 0 Å². The molecule has 1 aromatic rings. The topological polar surface area (TPSA) is 20.2 Å². The van der Waals surface area contributed by atoms with Gasteiger partial charge in [0.2, 0.25) is 0 Å². The summed E-state index contributed by atoms with van der Waals surface area (Å²) in [5, 5.41) is 8.54. The monoisotopic (exact) mass is 115 g/mol. The first-order chi connectivity index (χ1) is 3.93. The summed E-state index contributed by atoms with van der Waals surface area (Å²) < 4.78 is 0. The van der Waals surface area contributed by atoms with Gasteiger partial charge in [0, 0.05) is 0 Å². The molecular weight excluding hydrogens is 107 g/mol. The van der Waals surface area contributed by atoms with E-state index >= 15 is 0 Å². The highest BCUT2D eigenvalue weighted by atomic mass is 16.3. The highest BCUT2D eigenvalue weighted by Crippen LogP contribution is 1.95. The summed E-state index contributed by atoms with van der Waals surface area (Å²) in [5.41, 5.74) is 0.965. The van der Waals surface area contributed by atoms with Crippen molar-refractivity contribution >= 4 is 0 Å². The predicted octanol–water partition coefficient (Wildman–Crippen LogP) is 1.18. The van der Waals surface area contributed by atoms with E-state index in [0.29, 0.717) is 0 Å². The third-order valence-electron chi connectivity index (χ3n) is 1.03. The van der Waals surface area contributed by atoms with Gasteiger partial charge in [-0.05, 0) is 5.56 Å². The van der Waals surface area contributed by atoms with E-state index in [1.807, 2.05) is 30.3 Å². The summed E-state index contributed by atoms with van der Waals surface area (Å²) in [4.78, 5) is 0. The molecule has 0 fully saturated rings. The largest absolute Gasteiger partial charge is 0.392 e. The van der Waals surface area contributed by atoms with E-state index in [2.05, 4.69) is 0 Å². The van der Waals surface area contributed by atoms with Crippen molar-refractivity contribution in [2.45, 2.75) is 6.61 Å². The standard InChI is InChI=1S/C7H8O/c8-6-7-4-2-1-3-5-7/h1-5,8H,6H2/i1+1,2+1,3+1,4+1,5+1,6+1,7+1. The molecule has 1 nitrogen and oxygen atoms in total. The smallest absolute Gasteiger partial charge is 0.0681 e. The Morgan fingerprint density at radius 1 is 1.12 bits per heavy atom. The number of aliphatic hydroxyl groups excluding tert-OH is 1. The van der Waals surface area contributed by atoms with Crippen molar-refractivity contribution < 1.29 is 5.11 Å². The average molecular weight is 115 g/mol. The second-order valence-corrected chi connectivity index (χ2v) is 1.64. The average Bonchev–Trinajstić information content (AvgIpc) is 1.90. The van der Waals surface area contributed by atoms with E-state index in [1.54, 1.807) is 0 Å². The van der Waals surface area contributed by atoms with Crippen LogP contribution in [0.25, 0.3) is 0 Å². The quantitative estimate of drug-likeness (QED) is 0.545. The number of hydrogen-bond acceptors (Lipinski definition) is 1. The minimum atomic E-state index is 0.140. The molecule has 8 heavy (non-hydrogen) atoms. The summed E-state index contributed by atoms with van der Waals surface area (Å²) >= 11 is 0. The normalized spacial score (nSPS) is 9.12. The van der Waals surface area contributed by atoms with Crippen LogP contribution in [0.15, 0.2) is 30.3 Å². The molecule has 42 valence electrons. The number of benzene rings is 1. The molecule has 0 atom stereocenters. The fourth-order valence-electron chi connectivity index (χ4n) is 0.583. The fraction of sp³-hybridized carbons (Fsp3) is 0.143. The highest BCUT2D eigenvalue weighted by molar-refractivity contribution is 5.12. The van der Waals surface area contributed by atoms with E-state index in [-0.39, 0.29) is 6.61 Å². The molecule has 0 aliphatic carbocycles. The summed E-state index contributed by atoms with van der Waals surface area (Å²) in [6.45, 7) is 0.140. The molecule has 0 saturated carbocycles. The van der Waals surface area contributed by atoms with Gasteiger partial charge in [-0.2, -0.15) is 0 Å². The van der Waals surface area contributed by atoms with Crippen molar-refractivity contribution in [1.29, 1.82) is 0 Å². The van der Waals surface area contributed by atoms with Crippen molar-refractivity contribution in [3.63, 3.8) is 0 Å². The molecule has 0 aliphatic rings. The van der Waals surface area contributed by atoms with E-state index in [4.69, 9.17) is 5.11 Å². The molecule has 1 aromatic carbocycles. The lowest BCUT2D eigenvalue weighted by molar-refractivity contribution is 0.282. The summed E-state index contributed by atoms with van der Waals surface area (Å²) in [6, 6.07) is 9.52. The second-order valence-electron chi connectivity index (χ2n) is 1.64. The first-order valence-electron chi connectivity index (χ1n) is 2.58. The van der Waals surface area contributed by atoms with Gasteiger partial charge in [0.1, 0.15) is 0 Å². The van der Waals surface area contributed by atoms with E-state index in [1.165, 1.54) is 0 Å². The SMILES string of the molecule is O[13CH2][13c]1[13cH][13cH][13cH][13cH][13cH]1. The molecule has 0 heterocycles. The number of hydrogen-bond donors (Lipinski definition) is 1. The van der Waals surface area contributed by atoms with Gasteiger partial charge in [-0.25, -0.2) is 0 Å². The third-order valence-corrected chi connectivity index (χ3v) is 1.03. The summed E-state index contributed by atoms with van der Waals surface area (Å²) in [7, 11) is 0. The molecule has 0 unspecified atom stereocenters. The van der Waals surface area contributed by atoms with E-state index < -0.39 is 0 Å². The Balaban J connectivity index is 2.83. The van der Waals surface area contributed by atoms with Crippen LogP contribution in [0.4, 0.5) is 0 Å². The zero-order valence-electron chi connectivity index (χ0n) is 4.54. The Kier molecular flexibility index (Phi) is 1.65. The maximum absolute atomic E-state index is 8.54. The summed E-state index contributed by atoms with van der Waals surface area (Å²) in [6.07, 6.45) is 0. The first kappa shape index (κ1) is 5.32. The van der Waals surface area contributed by atoms with Crippen molar-refractivity contribution in [1.82, 2.24) is 0 Å². The molecule has 1 heteroatoms. The zero-order chi connectivity index (χ0) is 5.82. The van der Waals surface area contributed by atoms with Gasteiger partial charge < -0.3 is 5.11 Å². The van der Waals surface area contributed by atoms with Crippen LogP contribution in [0, 0.1) is 0 Å². The Hall–Kier alpha value is -0.820. The van der Waals surface area contributed by atoms with Gasteiger partial charge in [0.25, 0.3) is 0 Å². The van der Waals surface area contributed by atoms with Crippen LogP contribution in [-0.2, 0) is 6.61 Å². The molecule has 0 radical (unpaired) electrons. The molecule has 0 saturated heterocycles. The van der Waals surface area contributed by atoms with Gasteiger partial charge in [-0.1, -0.05) is 30.3 Å². The van der Waals surface area contributed by atoms with Crippen molar-refractivity contribution in [3.05, 3.63) is 35.9 Å². The van der Waals surface area contributed by atoms with Crippen LogP contribution in [0.3, 0.4) is 0 Å². The number of aliphatic hydroxyl groups is 1. The highest BCUT2D eigenvalue weighted by Gasteiger charge is 1.81. The van der Waals surface area contributed by atoms with Gasteiger partial charge in [0.15, 0.2) is 0 Å². The van der Waals surface area contributed by atoms with Crippen LogP contribution in [0.1, 0.15) is 5.56 Å². The molecule has 1 rings (SSSR count). The number of rotatable bonds is 1.